The molecule has 9 nitrogen and oxygen atoms in total. The summed E-state index contributed by atoms with van der Waals surface area (Å²) in [7, 11) is 3.05. The molecule has 0 aliphatic rings. The van der Waals surface area contributed by atoms with Gasteiger partial charge in [-0.05, 0) is 43.2 Å². The van der Waals surface area contributed by atoms with Gasteiger partial charge in [-0.1, -0.05) is 31.2 Å². The zero-order chi connectivity index (χ0) is 24.9. The minimum Gasteiger partial charge on any atom is -0.462 e. The summed E-state index contributed by atoms with van der Waals surface area (Å²) in [5, 5.41) is 0. The van der Waals surface area contributed by atoms with Gasteiger partial charge in [-0.15, -0.1) is 0 Å². The fourth-order valence-corrected chi connectivity index (χ4v) is 4.30. The molecule has 3 aromatic heterocycles. The number of carbonyl (C=O) groups is 1. The Morgan fingerprint density at radius 3 is 2.26 bits per heavy atom. The van der Waals surface area contributed by atoms with E-state index in [0.29, 0.717) is 29.1 Å². The van der Waals surface area contributed by atoms with E-state index < -0.39 is 17.2 Å². The van der Waals surface area contributed by atoms with Crippen LogP contribution in [-0.4, -0.2) is 35.7 Å². The number of hydrogen-bond donors (Lipinski definition) is 0. The highest BCUT2D eigenvalue weighted by Crippen LogP contribution is 2.29. The predicted octanol–water partition coefficient (Wildman–Crippen LogP) is 3.08. The maximum atomic E-state index is 13.1. The average Bonchev–Trinajstić information content (AvgIpc) is 3.43. The third-order valence-corrected chi connectivity index (χ3v) is 6.26. The summed E-state index contributed by atoms with van der Waals surface area (Å²) in [6, 6.07) is 15.2. The molecule has 9 heteroatoms. The Labute approximate surface area is 200 Å². The molecule has 0 aliphatic carbocycles. The van der Waals surface area contributed by atoms with Crippen LogP contribution in [0.4, 0.5) is 0 Å². The Balaban J connectivity index is 1.81. The molecule has 178 valence electrons. The predicted molar refractivity (Wildman–Crippen MR) is 133 cm³/mol. The minimum absolute atomic E-state index is 0.297. The van der Waals surface area contributed by atoms with Gasteiger partial charge in [0.05, 0.1) is 17.9 Å². The van der Waals surface area contributed by atoms with Crippen molar-refractivity contribution in [3.05, 3.63) is 86.7 Å². The van der Waals surface area contributed by atoms with Gasteiger partial charge in [0.25, 0.3) is 5.56 Å². The second kappa shape index (κ2) is 8.43. The van der Waals surface area contributed by atoms with Gasteiger partial charge in [0.1, 0.15) is 0 Å². The summed E-state index contributed by atoms with van der Waals surface area (Å²) in [5.41, 5.74) is 3.92. The molecule has 3 heterocycles. The zero-order valence-corrected chi connectivity index (χ0v) is 20.0. The lowest BCUT2D eigenvalue weighted by Crippen LogP contribution is -2.37. The van der Waals surface area contributed by atoms with Crippen LogP contribution in [0.3, 0.4) is 0 Å². The number of aryl methyl sites for hydroxylation is 2. The first-order valence-corrected chi connectivity index (χ1v) is 11.4. The van der Waals surface area contributed by atoms with E-state index in [2.05, 4.69) is 19.1 Å². The van der Waals surface area contributed by atoms with Gasteiger partial charge in [0, 0.05) is 31.5 Å². The van der Waals surface area contributed by atoms with Crippen LogP contribution < -0.4 is 11.2 Å². The first kappa shape index (κ1) is 22.4. The van der Waals surface area contributed by atoms with Crippen molar-refractivity contribution >= 4 is 22.9 Å². The lowest BCUT2D eigenvalue weighted by Gasteiger charge is -2.10. The van der Waals surface area contributed by atoms with Crippen molar-refractivity contribution < 1.29 is 9.53 Å². The molecular formula is C26H25N5O4. The summed E-state index contributed by atoms with van der Waals surface area (Å²) >= 11 is 0. The molecular weight excluding hydrogens is 446 g/mol. The third-order valence-electron chi connectivity index (χ3n) is 6.26. The van der Waals surface area contributed by atoms with Gasteiger partial charge in [-0.25, -0.2) is 9.59 Å². The fraction of sp³-hybridized carbons (Fsp3) is 0.231. The monoisotopic (exact) mass is 471 g/mol. The highest BCUT2D eigenvalue weighted by Gasteiger charge is 2.22. The molecule has 0 amide bonds. The lowest BCUT2D eigenvalue weighted by molar-refractivity contribution is 0.0526. The number of aromatic nitrogens is 5. The molecule has 0 saturated heterocycles. The number of rotatable bonds is 5. The van der Waals surface area contributed by atoms with Crippen LogP contribution in [-0.2, 0) is 25.3 Å². The maximum absolute atomic E-state index is 13.1. The first-order valence-electron chi connectivity index (χ1n) is 11.4. The van der Waals surface area contributed by atoms with E-state index >= 15 is 0 Å². The molecule has 0 saturated carbocycles. The summed E-state index contributed by atoms with van der Waals surface area (Å²) in [5.74, 6) is 0.0916. The molecule has 0 bridgehead atoms. The van der Waals surface area contributed by atoms with E-state index in [1.165, 1.54) is 17.2 Å². The minimum atomic E-state index is -0.441. The van der Waals surface area contributed by atoms with Crippen molar-refractivity contribution in [2.24, 2.45) is 14.1 Å². The number of benzene rings is 2. The SMILES string of the molecule is CCOC(=O)c1ccc(-n2c(-c3ccc(CC)cc3)cn3c4c(=O)n(C)c(=O)n(C)c4nc23)cc1. The number of imidazole rings is 2. The number of nitrogens with zero attached hydrogens (tertiary/aromatic N) is 5. The van der Waals surface area contributed by atoms with Crippen LogP contribution >= 0.6 is 0 Å². The number of esters is 1. The smallest absolute Gasteiger partial charge is 0.338 e. The van der Waals surface area contributed by atoms with Crippen molar-refractivity contribution in [3.63, 3.8) is 0 Å². The van der Waals surface area contributed by atoms with Gasteiger partial charge in [0.15, 0.2) is 11.2 Å². The maximum Gasteiger partial charge on any atom is 0.338 e. The topological polar surface area (TPSA) is 92.5 Å². The molecule has 0 unspecified atom stereocenters. The molecule has 0 N–H and O–H groups in total. The van der Waals surface area contributed by atoms with Crippen LogP contribution in [0.1, 0.15) is 29.8 Å². The molecule has 0 radical (unpaired) electrons. The van der Waals surface area contributed by atoms with Crippen LogP contribution in [0.15, 0.2) is 64.3 Å². The Morgan fingerprint density at radius 1 is 0.943 bits per heavy atom. The summed E-state index contributed by atoms with van der Waals surface area (Å²) < 4.78 is 11.2. The van der Waals surface area contributed by atoms with Gasteiger partial charge in [-0.2, -0.15) is 4.98 Å². The molecule has 2 aromatic carbocycles. The van der Waals surface area contributed by atoms with Gasteiger partial charge in [-0.3, -0.25) is 22.9 Å². The molecule has 35 heavy (non-hydrogen) atoms. The Hall–Kier alpha value is -4.40. The average molecular weight is 472 g/mol. The van der Waals surface area contributed by atoms with Crippen LogP contribution in [0.25, 0.3) is 33.9 Å². The van der Waals surface area contributed by atoms with Gasteiger partial charge in [0.2, 0.25) is 5.78 Å². The van der Waals surface area contributed by atoms with Gasteiger partial charge >= 0.3 is 11.7 Å². The second-order valence-electron chi connectivity index (χ2n) is 8.33. The van der Waals surface area contributed by atoms with Crippen molar-refractivity contribution in [2.75, 3.05) is 6.61 Å². The van der Waals surface area contributed by atoms with E-state index in [1.54, 1.807) is 30.5 Å². The molecule has 5 rings (SSSR count). The Bertz CT molecular complexity index is 1700. The number of carbonyl (C=O) groups excluding carboxylic acids is 1. The molecule has 0 aliphatic heterocycles. The van der Waals surface area contributed by atoms with Crippen LogP contribution in [0.5, 0.6) is 0 Å². The molecule has 0 fully saturated rings. The highest BCUT2D eigenvalue weighted by atomic mass is 16.5. The summed E-state index contributed by atoms with van der Waals surface area (Å²) in [4.78, 5) is 42.4. The fourth-order valence-electron chi connectivity index (χ4n) is 4.30. The second-order valence-corrected chi connectivity index (χ2v) is 8.33. The quantitative estimate of drug-likeness (QED) is 0.367. The van der Waals surface area contributed by atoms with Crippen molar-refractivity contribution in [2.45, 2.75) is 20.3 Å². The number of fused-ring (bicyclic) bond motifs is 3. The van der Waals surface area contributed by atoms with Crippen LogP contribution in [0.2, 0.25) is 0 Å². The van der Waals surface area contributed by atoms with Crippen molar-refractivity contribution in [1.82, 2.24) is 23.1 Å². The van der Waals surface area contributed by atoms with E-state index in [0.717, 1.165) is 27.9 Å². The molecule has 0 atom stereocenters. The highest BCUT2D eigenvalue weighted by molar-refractivity contribution is 5.89. The summed E-state index contributed by atoms with van der Waals surface area (Å²) in [6.45, 7) is 4.16. The van der Waals surface area contributed by atoms with Gasteiger partial charge < -0.3 is 4.74 Å². The standard InChI is InChI=1S/C26H25N5O4/c1-5-16-7-9-17(10-8-16)20-15-30-21-22(28(3)26(34)29(4)23(21)32)27-25(30)31(20)19-13-11-18(12-14-19)24(33)35-6-2/h7-15H,5-6H2,1-4H3. The van der Waals surface area contributed by atoms with E-state index in [9.17, 15) is 14.4 Å². The van der Waals surface area contributed by atoms with E-state index in [-0.39, 0.29) is 0 Å². The third kappa shape index (κ3) is 3.47. The summed E-state index contributed by atoms with van der Waals surface area (Å²) in [6.07, 6.45) is 2.78. The van der Waals surface area contributed by atoms with E-state index in [4.69, 9.17) is 9.72 Å². The lowest BCUT2D eigenvalue weighted by atomic mass is 10.1. The van der Waals surface area contributed by atoms with Crippen molar-refractivity contribution in [1.29, 1.82) is 0 Å². The van der Waals surface area contributed by atoms with E-state index in [1.807, 2.05) is 35.0 Å². The van der Waals surface area contributed by atoms with Crippen molar-refractivity contribution in [3.8, 4) is 16.9 Å². The Morgan fingerprint density at radius 2 is 1.63 bits per heavy atom. The molecule has 5 aromatic rings. The number of hydrogen-bond acceptors (Lipinski definition) is 5. The zero-order valence-electron chi connectivity index (χ0n) is 20.0. The largest absolute Gasteiger partial charge is 0.462 e. The number of ether oxygens (including phenoxy) is 1. The Kier molecular flexibility index (Phi) is 5.39. The molecule has 0 spiro atoms. The first-order chi connectivity index (χ1) is 16.8. The normalized spacial score (nSPS) is 11.4. The van der Waals surface area contributed by atoms with Crippen LogP contribution in [0, 0.1) is 0 Å².